The SMILES string of the molecule is NC(=O)C1(c2nc3ccccc3[nH]2)NCN=C1C(=O)Nc1ccccc1-c1ccccc1. The highest BCUT2D eigenvalue weighted by atomic mass is 16.2. The Bertz CT molecular complexity index is 1330. The molecule has 5 N–H and O–H groups in total. The molecule has 0 spiro atoms. The molecule has 8 heteroatoms. The summed E-state index contributed by atoms with van der Waals surface area (Å²) >= 11 is 0. The quantitative estimate of drug-likeness (QED) is 0.393. The number of para-hydroxylation sites is 3. The van der Waals surface area contributed by atoms with Crippen molar-refractivity contribution in [1.82, 2.24) is 15.3 Å². The molecule has 1 aliphatic heterocycles. The molecule has 32 heavy (non-hydrogen) atoms. The summed E-state index contributed by atoms with van der Waals surface area (Å²) in [6.07, 6.45) is 0. The van der Waals surface area contributed by atoms with E-state index < -0.39 is 17.4 Å². The lowest BCUT2D eigenvalue weighted by atomic mass is 9.91. The molecule has 2 amide bonds. The van der Waals surface area contributed by atoms with Crippen LogP contribution in [-0.4, -0.2) is 34.2 Å². The number of aromatic amines is 1. The first kappa shape index (κ1) is 19.7. The molecule has 0 bridgehead atoms. The molecular weight excluding hydrogens is 404 g/mol. The second-order valence-electron chi connectivity index (χ2n) is 7.42. The Balaban J connectivity index is 1.53. The number of nitrogens with zero attached hydrogens (tertiary/aromatic N) is 2. The summed E-state index contributed by atoms with van der Waals surface area (Å²) in [5.41, 5.74) is 7.89. The summed E-state index contributed by atoms with van der Waals surface area (Å²) in [5.74, 6) is -1.06. The summed E-state index contributed by atoms with van der Waals surface area (Å²) in [6.45, 7) is 0.0586. The van der Waals surface area contributed by atoms with Crippen molar-refractivity contribution in [3.05, 3.63) is 84.7 Å². The first-order valence-electron chi connectivity index (χ1n) is 10.1. The van der Waals surface area contributed by atoms with Gasteiger partial charge in [-0.3, -0.25) is 19.9 Å². The van der Waals surface area contributed by atoms with Gasteiger partial charge in [-0.15, -0.1) is 0 Å². The average molecular weight is 424 g/mol. The normalized spacial score (nSPS) is 17.8. The lowest BCUT2D eigenvalue weighted by Gasteiger charge is -2.25. The number of fused-ring (bicyclic) bond motifs is 1. The van der Waals surface area contributed by atoms with Crippen molar-refractivity contribution >= 4 is 34.2 Å². The monoisotopic (exact) mass is 424 g/mol. The van der Waals surface area contributed by atoms with Crippen LogP contribution in [0.1, 0.15) is 5.82 Å². The molecule has 1 aliphatic rings. The molecule has 3 aromatic carbocycles. The minimum atomic E-state index is -1.66. The number of anilines is 1. The van der Waals surface area contributed by atoms with Crippen LogP contribution in [0.15, 0.2) is 83.9 Å². The Labute approximate surface area is 183 Å². The Morgan fingerprint density at radius 2 is 1.66 bits per heavy atom. The topological polar surface area (TPSA) is 125 Å². The van der Waals surface area contributed by atoms with Crippen LogP contribution in [0.4, 0.5) is 5.69 Å². The number of aromatic nitrogens is 2. The predicted molar refractivity (Wildman–Crippen MR) is 123 cm³/mol. The van der Waals surface area contributed by atoms with Gasteiger partial charge < -0.3 is 16.0 Å². The van der Waals surface area contributed by atoms with Gasteiger partial charge in [0, 0.05) is 11.3 Å². The number of hydrogen-bond donors (Lipinski definition) is 4. The molecule has 4 aromatic rings. The van der Waals surface area contributed by atoms with Crippen LogP contribution < -0.4 is 16.4 Å². The summed E-state index contributed by atoms with van der Waals surface area (Å²) in [7, 11) is 0. The third-order valence-electron chi connectivity index (χ3n) is 5.53. The van der Waals surface area contributed by atoms with E-state index in [9.17, 15) is 9.59 Å². The molecule has 2 heterocycles. The summed E-state index contributed by atoms with van der Waals surface area (Å²) in [4.78, 5) is 38.0. The number of nitrogens with one attached hydrogen (secondary N) is 3. The van der Waals surface area contributed by atoms with E-state index in [0.29, 0.717) is 11.2 Å². The molecular formula is C24H20N6O2. The van der Waals surface area contributed by atoms with E-state index in [4.69, 9.17) is 5.73 Å². The maximum Gasteiger partial charge on any atom is 0.272 e. The van der Waals surface area contributed by atoms with Gasteiger partial charge in [0.25, 0.3) is 11.8 Å². The van der Waals surface area contributed by atoms with E-state index in [1.165, 1.54) is 0 Å². The fourth-order valence-electron chi connectivity index (χ4n) is 3.97. The summed E-state index contributed by atoms with van der Waals surface area (Å²) < 4.78 is 0. The van der Waals surface area contributed by atoms with Crippen LogP contribution in [0.2, 0.25) is 0 Å². The van der Waals surface area contributed by atoms with Gasteiger partial charge >= 0.3 is 0 Å². The van der Waals surface area contributed by atoms with Crippen LogP contribution in [0.25, 0.3) is 22.2 Å². The number of primary amides is 1. The molecule has 0 saturated heterocycles. The van der Waals surface area contributed by atoms with E-state index in [-0.39, 0.29) is 18.2 Å². The molecule has 1 aromatic heterocycles. The molecule has 1 unspecified atom stereocenters. The Hall–Kier alpha value is -4.30. The summed E-state index contributed by atoms with van der Waals surface area (Å²) in [5, 5.41) is 5.88. The highest BCUT2D eigenvalue weighted by Gasteiger charge is 2.52. The van der Waals surface area contributed by atoms with Crippen molar-refractivity contribution in [3.63, 3.8) is 0 Å². The maximum absolute atomic E-state index is 13.4. The van der Waals surface area contributed by atoms with Gasteiger partial charge in [0.1, 0.15) is 11.5 Å². The van der Waals surface area contributed by atoms with Gasteiger partial charge in [-0.05, 0) is 23.8 Å². The largest absolute Gasteiger partial charge is 0.367 e. The second-order valence-corrected chi connectivity index (χ2v) is 7.42. The number of imidazole rings is 1. The zero-order valence-electron chi connectivity index (χ0n) is 17.0. The molecule has 8 nitrogen and oxygen atoms in total. The average Bonchev–Trinajstić information content (AvgIpc) is 3.45. The maximum atomic E-state index is 13.4. The number of carbonyl (C=O) groups is 2. The fourth-order valence-corrected chi connectivity index (χ4v) is 3.97. The van der Waals surface area contributed by atoms with E-state index in [1.54, 1.807) is 6.07 Å². The molecule has 0 aliphatic carbocycles. The highest BCUT2D eigenvalue weighted by molar-refractivity contribution is 6.50. The second kappa shape index (κ2) is 7.75. The predicted octanol–water partition coefficient (Wildman–Crippen LogP) is 2.55. The number of carbonyl (C=O) groups excluding carboxylic acids is 2. The van der Waals surface area contributed by atoms with Crippen molar-refractivity contribution in [2.75, 3.05) is 12.0 Å². The zero-order chi connectivity index (χ0) is 22.1. The lowest BCUT2D eigenvalue weighted by Crippen LogP contribution is -2.58. The highest BCUT2D eigenvalue weighted by Crippen LogP contribution is 2.30. The Morgan fingerprint density at radius 1 is 0.938 bits per heavy atom. The summed E-state index contributed by atoms with van der Waals surface area (Å²) in [6, 6.07) is 24.5. The number of rotatable bonds is 5. The van der Waals surface area contributed by atoms with Gasteiger partial charge in [-0.1, -0.05) is 60.7 Å². The Morgan fingerprint density at radius 3 is 2.44 bits per heavy atom. The lowest BCUT2D eigenvalue weighted by molar-refractivity contribution is -0.123. The minimum Gasteiger partial charge on any atom is -0.367 e. The number of aliphatic imine (C=N–C) groups is 1. The van der Waals surface area contributed by atoms with Gasteiger partial charge in [0.15, 0.2) is 0 Å². The van der Waals surface area contributed by atoms with Gasteiger partial charge in [-0.2, -0.15) is 0 Å². The minimum absolute atomic E-state index is 0.0353. The van der Waals surface area contributed by atoms with Crippen LogP contribution >= 0.6 is 0 Å². The van der Waals surface area contributed by atoms with E-state index in [2.05, 4.69) is 25.6 Å². The number of nitrogens with two attached hydrogens (primary N) is 1. The first-order valence-corrected chi connectivity index (χ1v) is 10.1. The van der Waals surface area contributed by atoms with Crippen molar-refractivity contribution in [1.29, 1.82) is 0 Å². The van der Waals surface area contributed by atoms with E-state index in [1.807, 2.05) is 72.8 Å². The van der Waals surface area contributed by atoms with Crippen molar-refractivity contribution in [3.8, 4) is 11.1 Å². The number of hydrogen-bond acceptors (Lipinski definition) is 5. The van der Waals surface area contributed by atoms with E-state index in [0.717, 1.165) is 16.6 Å². The van der Waals surface area contributed by atoms with E-state index >= 15 is 0 Å². The van der Waals surface area contributed by atoms with Crippen LogP contribution in [0, 0.1) is 0 Å². The third kappa shape index (κ3) is 3.14. The Kier molecular flexibility index (Phi) is 4.76. The fraction of sp³-hybridized carbons (Fsp3) is 0.0833. The van der Waals surface area contributed by atoms with Gasteiger partial charge in [0.05, 0.1) is 17.7 Å². The van der Waals surface area contributed by atoms with Crippen molar-refractivity contribution < 1.29 is 9.59 Å². The first-order chi connectivity index (χ1) is 15.6. The number of amides is 2. The van der Waals surface area contributed by atoms with Gasteiger partial charge in [-0.25, -0.2) is 4.98 Å². The van der Waals surface area contributed by atoms with Crippen LogP contribution in [0.3, 0.4) is 0 Å². The molecule has 158 valence electrons. The van der Waals surface area contributed by atoms with Crippen LogP contribution in [-0.2, 0) is 15.1 Å². The molecule has 0 fully saturated rings. The molecule has 0 saturated carbocycles. The smallest absolute Gasteiger partial charge is 0.272 e. The molecule has 1 atom stereocenters. The zero-order valence-corrected chi connectivity index (χ0v) is 17.0. The standard InChI is InChI=1S/C24H20N6O2/c25-22(32)24(23-29-18-12-6-7-13-19(18)30-23)20(26-14-27-24)21(31)28-17-11-5-4-10-16(17)15-8-2-1-3-9-15/h1-13,27H,14H2,(H2,25,32)(H,28,31)(H,29,30). The number of benzene rings is 3. The molecule has 0 radical (unpaired) electrons. The van der Waals surface area contributed by atoms with Crippen molar-refractivity contribution in [2.45, 2.75) is 5.54 Å². The van der Waals surface area contributed by atoms with Gasteiger partial charge in [0.2, 0.25) is 5.54 Å². The van der Waals surface area contributed by atoms with Crippen LogP contribution in [0.5, 0.6) is 0 Å². The third-order valence-corrected chi connectivity index (χ3v) is 5.53. The van der Waals surface area contributed by atoms with Crippen molar-refractivity contribution in [2.24, 2.45) is 10.7 Å². The number of H-pyrrole nitrogens is 1. The molecule has 5 rings (SSSR count).